The molecule has 1 aromatic heterocycles. The van der Waals surface area contributed by atoms with Crippen LogP contribution >= 0.6 is 0 Å². The molecule has 0 unspecified atom stereocenters. The van der Waals surface area contributed by atoms with Gasteiger partial charge in [-0.05, 0) is 19.1 Å². The fourth-order valence-corrected chi connectivity index (χ4v) is 1.66. The van der Waals surface area contributed by atoms with Gasteiger partial charge in [-0.2, -0.15) is 0 Å². The summed E-state index contributed by atoms with van der Waals surface area (Å²) in [6.07, 6.45) is 1.20. The maximum absolute atomic E-state index is 10.6. The van der Waals surface area contributed by atoms with E-state index >= 15 is 0 Å². The first-order valence-corrected chi connectivity index (χ1v) is 5.41. The fourth-order valence-electron chi connectivity index (χ4n) is 1.66. The van der Waals surface area contributed by atoms with E-state index in [9.17, 15) is 4.79 Å². The summed E-state index contributed by atoms with van der Waals surface area (Å²) in [7, 11) is 1.56. The Hall–Kier alpha value is -2.30. The van der Waals surface area contributed by atoms with Gasteiger partial charge in [0.15, 0.2) is 0 Å². The van der Waals surface area contributed by atoms with Crippen LogP contribution in [-0.2, 0) is 11.2 Å². The van der Waals surface area contributed by atoms with Crippen molar-refractivity contribution in [2.45, 2.75) is 13.3 Å². The third-order valence-corrected chi connectivity index (χ3v) is 2.47. The molecule has 94 valence electrons. The van der Waals surface area contributed by atoms with Crippen LogP contribution in [0, 0.1) is 6.92 Å². The molecular formula is C13H13NO4. The lowest BCUT2D eigenvalue weighted by atomic mass is 10.1. The van der Waals surface area contributed by atoms with Gasteiger partial charge in [0.25, 0.3) is 0 Å². The molecule has 0 amide bonds. The highest BCUT2D eigenvalue weighted by Gasteiger charge is 2.13. The Labute approximate surface area is 104 Å². The van der Waals surface area contributed by atoms with Crippen LogP contribution in [0.3, 0.4) is 0 Å². The monoisotopic (exact) mass is 247 g/mol. The van der Waals surface area contributed by atoms with Gasteiger partial charge in [-0.1, -0.05) is 11.6 Å². The molecule has 0 aliphatic heterocycles. The summed E-state index contributed by atoms with van der Waals surface area (Å²) >= 11 is 0. The summed E-state index contributed by atoms with van der Waals surface area (Å²) in [5.74, 6) is 0.0715. The summed E-state index contributed by atoms with van der Waals surface area (Å²) in [5.41, 5.74) is 2.15. The van der Waals surface area contributed by atoms with Gasteiger partial charge in [0.2, 0.25) is 5.89 Å². The molecule has 0 bridgehead atoms. The largest absolute Gasteiger partial charge is 0.496 e. The SMILES string of the molecule is COc1ccc(C)cc1-c1nc(CC(=O)O)co1. The molecule has 5 nitrogen and oxygen atoms in total. The maximum Gasteiger partial charge on any atom is 0.309 e. The molecule has 1 aromatic carbocycles. The van der Waals surface area contributed by atoms with Gasteiger partial charge in [0.05, 0.1) is 24.8 Å². The van der Waals surface area contributed by atoms with Crippen molar-refractivity contribution in [3.63, 3.8) is 0 Å². The second-order valence-electron chi connectivity index (χ2n) is 3.92. The summed E-state index contributed by atoms with van der Waals surface area (Å²) < 4.78 is 10.5. The Kier molecular flexibility index (Phi) is 3.32. The lowest BCUT2D eigenvalue weighted by Gasteiger charge is -2.05. The molecule has 18 heavy (non-hydrogen) atoms. The van der Waals surface area contributed by atoms with Gasteiger partial charge in [-0.15, -0.1) is 0 Å². The molecule has 5 heteroatoms. The number of nitrogens with zero attached hydrogens (tertiary/aromatic N) is 1. The van der Waals surface area contributed by atoms with Crippen LogP contribution in [0.4, 0.5) is 0 Å². The fraction of sp³-hybridized carbons (Fsp3) is 0.231. The molecule has 0 fully saturated rings. The Balaban J connectivity index is 2.38. The Morgan fingerprint density at radius 1 is 1.50 bits per heavy atom. The van der Waals surface area contributed by atoms with Crippen molar-refractivity contribution in [3.05, 3.63) is 35.7 Å². The van der Waals surface area contributed by atoms with Gasteiger partial charge in [-0.25, -0.2) is 4.98 Å². The summed E-state index contributed by atoms with van der Waals surface area (Å²) in [6.45, 7) is 1.95. The van der Waals surface area contributed by atoms with Crippen molar-refractivity contribution in [2.24, 2.45) is 0 Å². The first-order chi connectivity index (χ1) is 8.60. The first kappa shape index (κ1) is 12.2. The number of ether oxygens (including phenoxy) is 1. The van der Waals surface area contributed by atoms with E-state index in [2.05, 4.69) is 4.98 Å². The summed E-state index contributed by atoms with van der Waals surface area (Å²) in [6, 6.07) is 5.63. The molecule has 2 aromatic rings. The number of rotatable bonds is 4. The van der Waals surface area contributed by atoms with E-state index in [1.165, 1.54) is 6.26 Å². The van der Waals surface area contributed by atoms with E-state index in [1.807, 2.05) is 25.1 Å². The van der Waals surface area contributed by atoms with Crippen molar-refractivity contribution in [2.75, 3.05) is 7.11 Å². The second-order valence-corrected chi connectivity index (χ2v) is 3.92. The third kappa shape index (κ3) is 2.51. The van der Waals surface area contributed by atoms with E-state index in [-0.39, 0.29) is 6.42 Å². The molecule has 0 saturated carbocycles. The Morgan fingerprint density at radius 2 is 2.28 bits per heavy atom. The van der Waals surface area contributed by atoms with Gasteiger partial charge >= 0.3 is 5.97 Å². The minimum absolute atomic E-state index is 0.155. The average molecular weight is 247 g/mol. The van der Waals surface area contributed by atoms with E-state index in [1.54, 1.807) is 7.11 Å². The van der Waals surface area contributed by atoms with Gasteiger partial charge < -0.3 is 14.3 Å². The number of aromatic nitrogens is 1. The highest BCUT2D eigenvalue weighted by atomic mass is 16.5. The number of aliphatic carboxylic acids is 1. The summed E-state index contributed by atoms with van der Waals surface area (Å²) in [5, 5.41) is 8.69. The molecule has 0 spiro atoms. The maximum atomic E-state index is 10.6. The standard InChI is InChI=1S/C13H13NO4/c1-8-3-4-11(17-2)10(5-8)13-14-9(7-18-13)6-12(15)16/h3-5,7H,6H2,1-2H3,(H,15,16). The number of carboxylic acid groups (broad SMARTS) is 1. The molecule has 0 saturated heterocycles. The highest BCUT2D eigenvalue weighted by Crippen LogP contribution is 2.30. The van der Waals surface area contributed by atoms with Gasteiger partial charge in [-0.3, -0.25) is 4.79 Å². The number of hydrogen-bond acceptors (Lipinski definition) is 4. The zero-order valence-corrected chi connectivity index (χ0v) is 10.1. The first-order valence-electron chi connectivity index (χ1n) is 5.41. The molecule has 0 aliphatic rings. The van der Waals surface area contributed by atoms with E-state index in [0.29, 0.717) is 22.9 Å². The predicted octanol–water partition coefficient (Wildman–Crippen LogP) is 2.29. The normalized spacial score (nSPS) is 10.3. The zero-order chi connectivity index (χ0) is 13.1. The van der Waals surface area contributed by atoms with Crippen LogP contribution < -0.4 is 4.74 Å². The van der Waals surface area contributed by atoms with E-state index in [0.717, 1.165) is 5.56 Å². The van der Waals surface area contributed by atoms with Crippen LogP contribution in [0.5, 0.6) is 5.75 Å². The zero-order valence-electron chi connectivity index (χ0n) is 10.1. The third-order valence-electron chi connectivity index (χ3n) is 2.47. The quantitative estimate of drug-likeness (QED) is 0.897. The van der Waals surface area contributed by atoms with Crippen molar-refractivity contribution in [1.29, 1.82) is 0 Å². The predicted molar refractivity (Wildman–Crippen MR) is 64.6 cm³/mol. The average Bonchev–Trinajstić information content (AvgIpc) is 2.76. The minimum atomic E-state index is -0.939. The van der Waals surface area contributed by atoms with Crippen molar-refractivity contribution >= 4 is 5.97 Å². The van der Waals surface area contributed by atoms with Crippen molar-refractivity contribution in [3.8, 4) is 17.2 Å². The lowest BCUT2D eigenvalue weighted by Crippen LogP contribution is -2.00. The van der Waals surface area contributed by atoms with Crippen molar-refractivity contribution < 1.29 is 19.1 Å². The molecule has 0 aliphatic carbocycles. The van der Waals surface area contributed by atoms with Crippen LogP contribution in [0.15, 0.2) is 28.9 Å². The molecule has 1 N–H and O–H groups in total. The number of carboxylic acids is 1. The minimum Gasteiger partial charge on any atom is -0.496 e. The van der Waals surface area contributed by atoms with Crippen molar-refractivity contribution in [1.82, 2.24) is 4.98 Å². The number of aryl methyl sites for hydroxylation is 1. The molecule has 2 rings (SSSR count). The number of hydrogen-bond donors (Lipinski definition) is 1. The van der Waals surface area contributed by atoms with E-state index < -0.39 is 5.97 Å². The summed E-state index contributed by atoms with van der Waals surface area (Å²) in [4.78, 5) is 14.7. The molecule has 0 radical (unpaired) electrons. The second kappa shape index (κ2) is 4.91. The van der Waals surface area contributed by atoms with Crippen LogP contribution in [0.25, 0.3) is 11.5 Å². The number of benzene rings is 1. The van der Waals surface area contributed by atoms with Gasteiger partial charge in [0, 0.05) is 0 Å². The van der Waals surface area contributed by atoms with Crippen LogP contribution in [0.1, 0.15) is 11.3 Å². The molecule has 0 atom stereocenters. The topological polar surface area (TPSA) is 72.6 Å². The molecule has 1 heterocycles. The Morgan fingerprint density at radius 3 is 2.94 bits per heavy atom. The smallest absolute Gasteiger partial charge is 0.309 e. The molecular weight excluding hydrogens is 234 g/mol. The van der Waals surface area contributed by atoms with Crippen LogP contribution in [-0.4, -0.2) is 23.2 Å². The highest BCUT2D eigenvalue weighted by molar-refractivity contribution is 5.70. The number of methoxy groups -OCH3 is 1. The lowest BCUT2D eigenvalue weighted by molar-refractivity contribution is -0.136. The van der Waals surface area contributed by atoms with E-state index in [4.69, 9.17) is 14.3 Å². The Bertz CT molecular complexity index is 574. The van der Waals surface area contributed by atoms with Crippen LogP contribution in [0.2, 0.25) is 0 Å². The number of carbonyl (C=O) groups is 1. The van der Waals surface area contributed by atoms with Gasteiger partial charge in [0.1, 0.15) is 12.0 Å². The number of oxazole rings is 1.